The minimum absolute atomic E-state index is 0. The largest absolute Gasteiger partial charge is 0.508 e. The minimum atomic E-state index is 0. The van der Waals surface area contributed by atoms with Crippen LogP contribution in [0, 0.1) is 12.8 Å². The van der Waals surface area contributed by atoms with Gasteiger partial charge in [0.25, 0.3) is 0 Å². The number of nitrogens with two attached hydrogens (primary N) is 1. The lowest BCUT2D eigenvalue weighted by Gasteiger charge is -2.13. The number of hydrogen-bond acceptors (Lipinski definition) is 2. The number of aryl methyl sites for hydroxylation is 1. The van der Waals surface area contributed by atoms with Crippen LogP contribution in [0.15, 0.2) is 18.2 Å². The van der Waals surface area contributed by atoms with Crippen molar-refractivity contribution in [1.82, 2.24) is 0 Å². The molecular formula is C12H18ClNO. The van der Waals surface area contributed by atoms with Gasteiger partial charge in [-0.3, -0.25) is 0 Å². The summed E-state index contributed by atoms with van der Waals surface area (Å²) in [7, 11) is 0. The van der Waals surface area contributed by atoms with Crippen molar-refractivity contribution in [2.75, 3.05) is 0 Å². The molecule has 0 aromatic heterocycles. The fraction of sp³-hybridized carbons (Fsp3) is 0.500. The molecule has 0 aliphatic heterocycles. The number of benzene rings is 1. The van der Waals surface area contributed by atoms with Gasteiger partial charge >= 0.3 is 0 Å². The molecule has 1 aliphatic carbocycles. The summed E-state index contributed by atoms with van der Waals surface area (Å²) < 4.78 is 0. The first-order chi connectivity index (χ1) is 6.66. The van der Waals surface area contributed by atoms with Gasteiger partial charge in [-0.05, 0) is 25.3 Å². The lowest BCUT2D eigenvalue weighted by molar-refractivity contribution is 0.455. The van der Waals surface area contributed by atoms with Crippen LogP contribution in [0.1, 0.15) is 36.4 Å². The zero-order chi connectivity index (χ0) is 10.1. The second-order valence-electron chi connectivity index (χ2n) is 4.35. The Morgan fingerprint density at radius 1 is 1.47 bits per heavy atom. The third-order valence-electron chi connectivity index (χ3n) is 2.87. The molecule has 3 heteroatoms. The fourth-order valence-corrected chi connectivity index (χ4v) is 1.81. The van der Waals surface area contributed by atoms with Gasteiger partial charge < -0.3 is 10.8 Å². The van der Waals surface area contributed by atoms with Gasteiger partial charge in [0.1, 0.15) is 5.75 Å². The van der Waals surface area contributed by atoms with Gasteiger partial charge in [0.2, 0.25) is 0 Å². The van der Waals surface area contributed by atoms with Crippen molar-refractivity contribution in [3.8, 4) is 5.75 Å². The lowest BCUT2D eigenvalue weighted by atomic mass is 9.99. The summed E-state index contributed by atoms with van der Waals surface area (Å²) in [4.78, 5) is 0. The van der Waals surface area contributed by atoms with Crippen molar-refractivity contribution in [1.29, 1.82) is 0 Å². The van der Waals surface area contributed by atoms with Gasteiger partial charge in [-0.1, -0.05) is 30.5 Å². The van der Waals surface area contributed by atoms with Gasteiger partial charge in [-0.25, -0.2) is 0 Å². The first-order valence-corrected chi connectivity index (χ1v) is 5.22. The van der Waals surface area contributed by atoms with Crippen molar-refractivity contribution in [2.45, 2.75) is 32.2 Å². The highest BCUT2D eigenvalue weighted by molar-refractivity contribution is 5.85. The van der Waals surface area contributed by atoms with Crippen molar-refractivity contribution in [3.63, 3.8) is 0 Å². The predicted molar refractivity (Wildman–Crippen MR) is 64.4 cm³/mol. The van der Waals surface area contributed by atoms with E-state index in [-0.39, 0.29) is 18.4 Å². The quantitative estimate of drug-likeness (QED) is 0.834. The number of phenolic OH excluding ortho intramolecular Hbond substituents is 1. The summed E-state index contributed by atoms with van der Waals surface area (Å²) in [6.07, 6.45) is 3.62. The molecule has 84 valence electrons. The maximum atomic E-state index is 9.66. The van der Waals surface area contributed by atoms with E-state index in [9.17, 15) is 5.11 Å². The van der Waals surface area contributed by atoms with Crippen LogP contribution in [-0.4, -0.2) is 5.11 Å². The van der Waals surface area contributed by atoms with E-state index in [1.54, 1.807) is 6.07 Å². The zero-order valence-electron chi connectivity index (χ0n) is 8.94. The van der Waals surface area contributed by atoms with Crippen LogP contribution in [0.25, 0.3) is 0 Å². The van der Waals surface area contributed by atoms with Crippen molar-refractivity contribution in [3.05, 3.63) is 29.3 Å². The summed E-state index contributed by atoms with van der Waals surface area (Å²) >= 11 is 0. The first kappa shape index (κ1) is 12.3. The van der Waals surface area contributed by atoms with Gasteiger partial charge in [0.15, 0.2) is 0 Å². The highest BCUT2D eigenvalue weighted by Crippen LogP contribution is 2.38. The minimum Gasteiger partial charge on any atom is -0.508 e. The van der Waals surface area contributed by atoms with E-state index < -0.39 is 0 Å². The summed E-state index contributed by atoms with van der Waals surface area (Å²) in [6.45, 7) is 2.02. The number of hydrogen-bond donors (Lipinski definition) is 2. The molecule has 15 heavy (non-hydrogen) atoms. The topological polar surface area (TPSA) is 46.2 Å². The summed E-state index contributed by atoms with van der Waals surface area (Å²) in [5.41, 5.74) is 8.10. The normalized spacial score (nSPS) is 16.9. The number of phenols is 1. The molecule has 2 rings (SSSR count). The SMILES string of the molecule is Cc1ccc(O)c([C@H](N)CC2CC2)c1.Cl. The molecule has 1 fully saturated rings. The Hall–Kier alpha value is -0.730. The standard InChI is InChI=1S/C12H17NO.ClH/c1-8-2-5-12(14)10(6-8)11(13)7-9-3-4-9;/h2,5-6,9,11,14H,3-4,7,13H2,1H3;1H/t11-;/m1./s1. The molecule has 2 nitrogen and oxygen atoms in total. The van der Waals surface area contributed by atoms with Crippen LogP contribution in [0.4, 0.5) is 0 Å². The zero-order valence-corrected chi connectivity index (χ0v) is 9.76. The van der Waals surface area contributed by atoms with Crippen LogP contribution < -0.4 is 5.73 Å². The third kappa shape index (κ3) is 3.11. The van der Waals surface area contributed by atoms with E-state index in [1.165, 1.54) is 12.8 Å². The maximum Gasteiger partial charge on any atom is 0.120 e. The maximum absolute atomic E-state index is 9.66. The highest BCUT2D eigenvalue weighted by Gasteiger charge is 2.25. The molecule has 0 bridgehead atoms. The van der Waals surface area contributed by atoms with Gasteiger partial charge in [-0.15, -0.1) is 12.4 Å². The Labute approximate surface area is 96.9 Å². The number of halogens is 1. The molecule has 0 heterocycles. The Morgan fingerprint density at radius 2 is 2.13 bits per heavy atom. The van der Waals surface area contributed by atoms with Crippen molar-refractivity contribution < 1.29 is 5.11 Å². The molecule has 1 atom stereocenters. The van der Waals surface area contributed by atoms with Crippen LogP contribution >= 0.6 is 12.4 Å². The second-order valence-corrected chi connectivity index (χ2v) is 4.35. The Bertz CT molecular complexity index is 336. The van der Waals surface area contributed by atoms with E-state index in [1.807, 2.05) is 19.1 Å². The second kappa shape index (κ2) is 4.86. The number of aromatic hydroxyl groups is 1. The van der Waals surface area contributed by atoms with E-state index in [0.717, 1.165) is 23.5 Å². The van der Waals surface area contributed by atoms with Crippen LogP contribution in [0.2, 0.25) is 0 Å². The van der Waals surface area contributed by atoms with E-state index in [4.69, 9.17) is 5.73 Å². The van der Waals surface area contributed by atoms with Gasteiger partial charge in [0, 0.05) is 11.6 Å². The molecule has 1 aromatic carbocycles. The monoisotopic (exact) mass is 227 g/mol. The van der Waals surface area contributed by atoms with Crippen LogP contribution in [0.5, 0.6) is 5.75 Å². The average Bonchev–Trinajstić information content (AvgIpc) is 2.93. The van der Waals surface area contributed by atoms with E-state index in [0.29, 0.717) is 5.75 Å². The lowest BCUT2D eigenvalue weighted by Crippen LogP contribution is -2.11. The molecule has 0 spiro atoms. The molecular weight excluding hydrogens is 210 g/mol. The van der Waals surface area contributed by atoms with Crippen molar-refractivity contribution in [2.24, 2.45) is 11.7 Å². The molecule has 3 N–H and O–H groups in total. The highest BCUT2D eigenvalue weighted by atomic mass is 35.5. The summed E-state index contributed by atoms with van der Waals surface area (Å²) in [6, 6.07) is 5.63. The third-order valence-corrected chi connectivity index (χ3v) is 2.87. The number of rotatable bonds is 3. The molecule has 0 unspecified atom stereocenters. The molecule has 0 saturated heterocycles. The molecule has 1 aliphatic rings. The van der Waals surface area contributed by atoms with E-state index >= 15 is 0 Å². The van der Waals surface area contributed by atoms with E-state index in [2.05, 4.69) is 0 Å². The summed E-state index contributed by atoms with van der Waals surface area (Å²) in [5, 5.41) is 9.66. The predicted octanol–water partition coefficient (Wildman–Crippen LogP) is 2.92. The van der Waals surface area contributed by atoms with Crippen LogP contribution in [-0.2, 0) is 0 Å². The Kier molecular flexibility index (Phi) is 4.00. The molecule has 1 aromatic rings. The van der Waals surface area contributed by atoms with Crippen molar-refractivity contribution >= 4 is 12.4 Å². The Morgan fingerprint density at radius 3 is 2.73 bits per heavy atom. The molecule has 0 amide bonds. The smallest absolute Gasteiger partial charge is 0.120 e. The van der Waals surface area contributed by atoms with Gasteiger partial charge in [-0.2, -0.15) is 0 Å². The average molecular weight is 228 g/mol. The molecule has 0 radical (unpaired) electrons. The van der Waals surface area contributed by atoms with Gasteiger partial charge in [0.05, 0.1) is 0 Å². The summed E-state index contributed by atoms with van der Waals surface area (Å²) in [5.74, 6) is 1.13. The fourth-order valence-electron chi connectivity index (χ4n) is 1.81. The van der Waals surface area contributed by atoms with Crippen LogP contribution in [0.3, 0.4) is 0 Å². The molecule has 1 saturated carbocycles. The Balaban J connectivity index is 0.00000112. The first-order valence-electron chi connectivity index (χ1n) is 5.22.